The maximum atomic E-state index is 13.1. The predicted octanol–water partition coefficient (Wildman–Crippen LogP) is 0.340. The monoisotopic (exact) mass is 278 g/mol. The van der Waals surface area contributed by atoms with Crippen LogP contribution in [-0.4, -0.2) is 66.0 Å². The number of nitrogens with one attached hydrogen (secondary N) is 1. The van der Waals surface area contributed by atoms with E-state index >= 15 is 0 Å². The summed E-state index contributed by atoms with van der Waals surface area (Å²) < 4.78 is 13.1. The fourth-order valence-corrected chi connectivity index (χ4v) is 2.98. The predicted molar refractivity (Wildman–Crippen MR) is 72.9 cm³/mol. The van der Waals surface area contributed by atoms with E-state index in [0.717, 1.165) is 51.9 Å². The molecule has 0 aromatic carbocycles. The van der Waals surface area contributed by atoms with E-state index in [9.17, 15) is 9.18 Å². The van der Waals surface area contributed by atoms with Crippen LogP contribution in [0.15, 0.2) is 18.5 Å². The van der Waals surface area contributed by atoms with Crippen LogP contribution in [-0.2, 0) is 0 Å². The Morgan fingerprint density at radius 2 is 2.10 bits per heavy atom. The molecule has 2 aliphatic heterocycles. The zero-order valence-electron chi connectivity index (χ0n) is 11.4. The van der Waals surface area contributed by atoms with Crippen molar-refractivity contribution in [1.82, 2.24) is 20.1 Å². The van der Waals surface area contributed by atoms with E-state index in [4.69, 9.17) is 0 Å². The van der Waals surface area contributed by atoms with Gasteiger partial charge in [-0.3, -0.25) is 14.7 Å². The second kappa shape index (κ2) is 5.85. The van der Waals surface area contributed by atoms with Gasteiger partial charge in [0.15, 0.2) is 0 Å². The summed E-state index contributed by atoms with van der Waals surface area (Å²) in [4.78, 5) is 20.3. The van der Waals surface area contributed by atoms with E-state index in [1.54, 1.807) is 0 Å². The third-order valence-electron chi connectivity index (χ3n) is 4.07. The van der Waals surface area contributed by atoms with Gasteiger partial charge in [0.1, 0.15) is 5.82 Å². The molecule has 3 rings (SSSR count). The fraction of sp³-hybridized carbons (Fsp3) is 0.571. The largest absolute Gasteiger partial charge is 0.337 e. The van der Waals surface area contributed by atoms with Crippen LogP contribution in [0.3, 0.4) is 0 Å². The first-order valence-corrected chi connectivity index (χ1v) is 7.08. The van der Waals surface area contributed by atoms with Crippen LogP contribution in [0, 0.1) is 5.82 Å². The minimum Gasteiger partial charge on any atom is -0.337 e. The van der Waals surface area contributed by atoms with Gasteiger partial charge >= 0.3 is 0 Å². The Balaban J connectivity index is 1.63. The molecule has 5 nitrogen and oxygen atoms in total. The van der Waals surface area contributed by atoms with E-state index in [-0.39, 0.29) is 5.91 Å². The molecule has 1 amide bonds. The van der Waals surface area contributed by atoms with Gasteiger partial charge in [-0.1, -0.05) is 0 Å². The van der Waals surface area contributed by atoms with E-state index < -0.39 is 5.82 Å². The smallest absolute Gasteiger partial charge is 0.255 e. The summed E-state index contributed by atoms with van der Waals surface area (Å²) >= 11 is 0. The molecule has 1 unspecified atom stereocenters. The molecule has 0 saturated carbocycles. The number of carbonyl (C=O) groups excluding carboxylic acids is 1. The second-order valence-electron chi connectivity index (χ2n) is 5.37. The minimum atomic E-state index is -0.464. The summed E-state index contributed by atoms with van der Waals surface area (Å²) in [5.41, 5.74) is 0.339. The number of hydrogen-bond acceptors (Lipinski definition) is 4. The SMILES string of the molecule is O=C(c1cncc(F)c1)N1CCC(N2CCNCC2)C1. The van der Waals surface area contributed by atoms with Gasteiger partial charge in [0, 0.05) is 51.5 Å². The molecule has 0 spiro atoms. The molecule has 0 radical (unpaired) electrons. The number of rotatable bonds is 2. The number of nitrogens with zero attached hydrogens (tertiary/aromatic N) is 3. The molecule has 0 bridgehead atoms. The van der Waals surface area contributed by atoms with Crippen molar-refractivity contribution in [3.8, 4) is 0 Å². The van der Waals surface area contributed by atoms with Gasteiger partial charge < -0.3 is 10.2 Å². The lowest BCUT2D eigenvalue weighted by molar-refractivity contribution is 0.0772. The topological polar surface area (TPSA) is 48.5 Å². The molecule has 1 aromatic heterocycles. The molecule has 0 aliphatic carbocycles. The number of amides is 1. The van der Waals surface area contributed by atoms with Crippen molar-refractivity contribution in [2.45, 2.75) is 12.5 Å². The number of aromatic nitrogens is 1. The Hall–Kier alpha value is -1.53. The summed E-state index contributed by atoms with van der Waals surface area (Å²) in [6.07, 6.45) is 3.54. The lowest BCUT2D eigenvalue weighted by Crippen LogP contribution is -2.49. The number of pyridine rings is 1. The van der Waals surface area contributed by atoms with Crippen molar-refractivity contribution < 1.29 is 9.18 Å². The maximum Gasteiger partial charge on any atom is 0.255 e. The van der Waals surface area contributed by atoms with Gasteiger partial charge in [-0.15, -0.1) is 0 Å². The van der Waals surface area contributed by atoms with Crippen molar-refractivity contribution in [2.24, 2.45) is 0 Å². The standard InChI is InChI=1S/C14H19FN4O/c15-12-7-11(8-17-9-12)14(20)19-4-1-13(10-19)18-5-2-16-3-6-18/h7-9,13,16H,1-6,10H2. The molecule has 2 saturated heterocycles. The average molecular weight is 278 g/mol. The molecule has 2 aliphatic rings. The highest BCUT2D eigenvalue weighted by atomic mass is 19.1. The van der Waals surface area contributed by atoms with Crippen molar-refractivity contribution in [3.05, 3.63) is 29.8 Å². The minimum absolute atomic E-state index is 0.116. The van der Waals surface area contributed by atoms with E-state index in [1.165, 1.54) is 12.3 Å². The highest BCUT2D eigenvalue weighted by Crippen LogP contribution is 2.18. The fourth-order valence-electron chi connectivity index (χ4n) is 2.98. The molecule has 1 atom stereocenters. The van der Waals surface area contributed by atoms with E-state index in [0.29, 0.717) is 11.6 Å². The Labute approximate surface area is 117 Å². The number of likely N-dealkylation sites (tertiary alicyclic amines) is 1. The van der Waals surface area contributed by atoms with Gasteiger partial charge in [-0.05, 0) is 12.5 Å². The van der Waals surface area contributed by atoms with Gasteiger partial charge in [0.05, 0.1) is 11.8 Å². The second-order valence-corrected chi connectivity index (χ2v) is 5.37. The van der Waals surface area contributed by atoms with Crippen LogP contribution in [0.2, 0.25) is 0 Å². The number of piperazine rings is 1. The molecule has 6 heteroatoms. The van der Waals surface area contributed by atoms with Crippen molar-refractivity contribution in [1.29, 1.82) is 0 Å². The molecule has 20 heavy (non-hydrogen) atoms. The third kappa shape index (κ3) is 2.81. The van der Waals surface area contributed by atoms with Gasteiger partial charge in [-0.25, -0.2) is 4.39 Å². The molecular weight excluding hydrogens is 259 g/mol. The van der Waals surface area contributed by atoms with Crippen LogP contribution in [0.25, 0.3) is 0 Å². The Bertz CT molecular complexity index is 490. The summed E-state index contributed by atoms with van der Waals surface area (Å²) in [6, 6.07) is 1.69. The normalized spacial score (nSPS) is 24.1. The van der Waals surface area contributed by atoms with Gasteiger partial charge in [0.25, 0.3) is 5.91 Å². The summed E-state index contributed by atoms with van der Waals surface area (Å²) in [7, 11) is 0. The highest BCUT2D eigenvalue weighted by Gasteiger charge is 2.31. The Kier molecular flexibility index (Phi) is 3.93. The van der Waals surface area contributed by atoms with E-state index in [1.807, 2.05) is 4.90 Å². The first-order chi connectivity index (χ1) is 9.74. The first-order valence-electron chi connectivity index (χ1n) is 7.08. The molecular formula is C14H19FN4O. The molecule has 1 N–H and O–H groups in total. The summed E-state index contributed by atoms with van der Waals surface area (Å²) in [6.45, 7) is 5.57. The quantitative estimate of drug-likeness (QED) is 0.847. The number of halogens is 1. The maximum absolute atomic E-state index is 13.1. The zero-order valence-corrected chi connectivity index (χ0v) is 11.4. The zero-order chi connectivity index (χ0) is 13.9. The molecule has 108 valence electrons. The highest BCUT2D eigenvalue weighted by molar-refractivity contribution is 5.94. The van der Waals surface area contributed by atoms with Crippen LogP contribution in [0.4, 0.5) is 4.39 Å². The first kappa shape index (κ1) is 13.5. The van der Waals surface area contributed by atoms with Crippen LogP contribution in [0.1, 0.15) is 16.8 Å². The van der Waals surface area contributed by atoms with Crippen LogP contribution in [0.5, 0.6) is 0 Å². The van der Waals surface area contributed by atoms with E-state index in [2.05, 4.69) is 15.2 Å². The lowest BCUT2D eigenvalue weighted by Gasteiger charge is -2.32. The number of carbonyl (C=O) groups is 1. The van der Waals surface area contributed by atoms with Crippen molar-refractivity contribution in [2.75, 3.05) is 39.3 Å². The van der Waals surface area contributed by atoms with Gasteiger partial charge in [0.2, 0.25) is 0 Å². The van der Waals surface area contributed by atoms with Gasteiger partial charge in [-0.2, -0.15) is 0 Å². The number of hydrogen-bond donors (Lipinski definition) is 1. The van der Waals surface area contributed by atoms with Crippen LogP contribution >= 0.6 is 0 Å². The summed E-state index contributed by atoms with van der Waals surface area (Å²) in [5.74, 6) is -0.580. The van der Waals surface area contributed by atoms with Crippen molar-refractivity contribution in [3.63, 3.8) is 0 Å². The molecule has 3 heterocycles. The molecule has 2 fully saturated rings. The summed E-state index contributed by atoms with van der Waals surface area (Å²) in [5, 5.41) is 3.33. The third-order valence-corrected chi connectivity index (χ3v) is 4.07. The van der Waals surface area contributed by atoms with Crippen molar-refractivity contribution >= 4 is 5.91 Å². The lowest BCUT2D eigenvalue weighted by atomic mass is 10.2. The Morgan fingerprint density at radius 1 is 1.30 bits per heavy atom. The molecule has 1 aromatic rings. The average Bonchev–Trinajstić information content (AvgIpc) is 2.97. The van der Waals surface area contributed by atoms with Crippen LogP contribution < -0.4 is 5.32 Å². The Morgan fingerprint density at radius 3 is 2.85 bits per heavy atom.